The van der Waals surface area contributed by atoms with Crippen molar-refractivity contribution in [1.29, 1.82) is 0 Å². The van der Waals surface area contributed by atoms with Crippen LogP contribution < -0.4 is 10.0 Å². The van der Waals surface area contributed by atoms with Gasteiger partial charge in [-0.1, -0.05) is 6.07 Å². The molecular formula is C10H13ClN2O3S. The van der Waals surface area contributed by atoms with Crippen molar-refractivity contribution in [2.75, 3.05) is 12.4 Å². The molecule has 1 unspecified atom stereocenters. The lowest BCUT2D eigenvalue weighted by molar-refractivity contribution is -0.115. The summed E-state index contributed by atoms with van der Waals surface area (Å²) in [5.74, 6) is -0.384. The second kappa shape index (κ2) is 5.48. The Bertz CT molecular complexity index is 514. The van der Waals surface area contributed by atoms with Crippen LogP contribution in [0.15, 0.2) is 29.2 Å². The fourth-order valence-corrected chi connectivity index (χ4v) is 1.93. The van der Waals surface area contributed by atoms with Crippen molar-refractivity contribution in [3.63, 3.8) is 0 Å². The van der Waals surface area contributed by atoms with Gasteiger partial charge in [-0.2, -0.15) is 0 Å². The van der Waals surface area contributed by atoms with E-state index in [4.69, 9.17) is 11.6 Å². The molecule has 7 heteroatoms. The Balaban J connectivity index is 2.99. The van der Waals surface area contributed by atoms with Crippen molar-refractivity contribution in [2.45, 2.75) is 17.2 Å². The minimum atomic E-state index is -3.51. The van der Waals surface area contributed by atoms with Gasteiger partial charge in [-0.15, -0.1) is 11.6 Å². The zero-order chi connectivity index (χ0) is 13.1. The maximum Gasteiger partial charge on any atom is 0.242 e. The van der Waals surface area contributed by atoms with Gasteiger partial charge in [-0.3, -0.25) is 4.79 Å². The van der Waals surface area contributed by atoms with Crippen LogP contribution in [0.5, 0.6) is 0 Å². The van der Waals surface area contributed by atoms with Crippen molar-refractivity contribution in [1.82, 2.24) is 4.72 Å². The summed E-state index contributed by atoms with van der Waals surface area (Å²) in [5, 5.41) is 1.83. The molecule has 1 aromatic carbocycles. The molecule has 1 amide bonds. The molecule has 0 aliphatic rings. The van der Waals surface area contributed by atoms with E-state index >= 15 is 0 Å². The number of sulfonamides is 1. The number of rotatable bonds is 4. The van der Waals surface area contributed by atoms with Crippen LogP contribution in [0.2, 0.25) is 0 Å². The fourth-order valence-electron chi connectivity index (χ4n) is 1.10. The molecule has 0 saturated carbocycles. The minimum Gasteiger partial charge on any atom is -0.325 e. The third-order valence-corrected chi connectivity index (χ3v) is 3.65. The zero-order valence-corrected chi connectivity index (χ0v) is 11.0. The molecule has 0 bridgehead atoms. The highest BCUT2D eigenvalue weighted by Crippen LogP contribution is 2.15. The van der Waals surface area contributed by atoms with E-state index in [-0.39, 0.29) is 10.8 Å². The average Bonchev–Trinajstić information content (AvgIpc) is 2.29. The van der Waals surface area contributed by atoms with E-state index in [1.165, 1.54) is 26.1 Å². The Morgan fingerprint density at radius 1 is 1.41 bits per heavy atom. The van der Waals surface area contributed by atoms with Gasteiger partial charge in [0.05, 0.1) is 4.90 Å². The van der Waals surface area contributed by atoms with Gasteiger partial charge in [0.25, 0.3) is 0 Å². The molecule has 0 saturated heterocycles. The van der Waals surface area contributed by atoms with Gasteiger partial charge < -0.3 is 5.32 Å². The maximum atomic E-state index is 11.5. The third kappa shape index (κ3) is 3.69. The largest absolute Gasteiger partial charge is 0.325 e. The number of hydrogen-bond donors (Lipinski definition) is 2. The molecule has 0 fully saturated rings. The Morgan fingerprint density at radius 2 is 2.06 bits per heavy atom. The molecule has 1 aromatic rings. The Hall–Kier alpha value is -1.11. The molecule has 5 nitrogen and oxygen atoms in total. The molecule has 94 valence electrons. The normalized spacial score (nSPS) is 13.1. The summed E-state index contributed by atoms with van der Waals surface area (Å²) in [4.78, 5) is 11.4. The first-order valence-corrected chi connectivity index (χ1v) is 6.77. The molecule has 2 N–H and O–H groups in total. The Kier molecular flexibility index (Phi) is 4.50. The van der Waals surface area contributed by atoms with Gasteiger partial charge in [-0.25, -0.2) is 13.1 Å². The van der Waals surface area contributed by atoms with Crippen LogP contribution in [-0.2, 0) is 14.8 Å². The van der Waals surface area contributed by atoms with Crippen molar-refractivity contribution in [3.05, 3.63) is 24.3 Å². The first-order valence-electron chi connectivity index (χ1n) is 4.85. The number of benzene rings is 1. The van der Waals surface area contributed by atoms with E-state index in [1.54, 1.807) is 12.1 Å². The summed E-state index contributed by atoms with van der Waals surface area (Å²) in [6.45, 7) is 1.53. The average molecular weight is 277 g/mol. The lowest BCUT2D eigenvalue weighted by Crippen LogP contribution is -2.21. The highest BCUT2D eigenvalue weighted by atomic mass is 35.5. The summed E-state index contributed by atoms with van der Waals surface area (Å²) in [5.41, 5.74) is 0.388. The first kappa shape index (κ1) is 14.0. The van der Waals surface area contributed by atoms with Gasteiger partial charge in [0.2, 0.25) is 15.9 Å². The van der Waals surface area contributed by atoms with Crippen molar-refractivity contribution in [3.8, 4) is 0 Å². The molecule has 0 aliphatic heterocycles. The number of halogens is 1. The molecule has 0 heterocycles. The Labute approximate surface area is 105 Å². The number of alkyl halides is 1. The second-order valence-corrected chi connectivity index (χ2v) is 5.88. The summed E-state index contributed by atoms with van der Waals surface area (Å²) in [6.07, 6.45) is 0. The second-order valence-electron chi connectivity index (χ2n) is 3.34. The maximum absolute atomic E-state index is 11.5. The van der Waals surface area contributed by atoms with E-state index in [2.05, 4.69) is 10.0 Å². The molecule has 0 aromatic heterocycles. The number of anilines is 1. The van der Waals surface area contributed by atoms with Gasteiger partial charge in [0, 0.05) is 5.69 Å². The SMILES string of the molecule is CNS(=O)(=O)c1cccc(NC(=O)C(C)Cl)c1. The topological polar surface area (TPSA) is 75.3 Å². The molecular weight excluding hydrogens is 264 g/mol. The number of carbonyl (C=O) groups excluding carboxylic acids is 1. The van der Waals surface area contributed by atoms with Crippen LogP contribution in [0.4, 0.5) is 5.69 Å². The molecule has 1 rings (SSSR count). The van der Waals surface area contributed by atoms with E-state index < -0.39 is 15.4 Å². The lowest BCUT2D eigenvalue weighted by atomic mass is 10.3. The van der Waals surface area contributed by atoms with Crippen LogP contribution in [0.1, 0.15) is 6.92 Å². The van der Waals surface area contributed by atoms with Gasteiger partial charge in [-0.05, 0) is 32.2 Å². The predicted octanol–water partition coefficient (Wildman–Crippen LogP) is 1.16. The van der Waals surface area contributed by atoms with E-state index in [0.29, 0.717) is 5.69 Å². The number of hydrogen-bond acceptors (Lipinski definition) is 3. The third-order valence-electron chi connectivity index (χ3n) is 2.04. The van der Waals surface area contributed by atoms with Crippen molar-refractivity contribution >= 4 is 33.2 Å². The Morgan fingerprint density at radius 3 is 2.59 bits per heavy atom. The van der Waals surface area contributed by atoms with Crippen LogP contribution in [0, 0.1) is 0 Å². The smallest absolute Gasteiger partial charge is 0.242 e. The lowest BCUT2D eigenvalue weighted by Gasteiger charge is -2.08. The summed E-state index contributed by atoms with van der Waals surface area (Å²) in [6, 6.07) is 5.93. The number of nitrogens with one attached hydrogen (secondary N) is 2. The fraction of sp³-hybridized carbons (Fsp3) is 0.300. The molecule has 0 radical (unpaired) electrons. The van der Waals surface area contributed by atoms with Crippen molar-refractivity contribution in [2.24, 2.45) is 0 Å². The van der Waals surface area contributed by atoms with E-state index in [1.807, 2.05) is 0 Å². The quantitative estimate of drug-likeness (QED) is 0.811. The molecule has 17 heavy (non-hydrogen) atoms. The molecule has 0 spiro atoms. The monoisotopic (exact) mass is 276 g/mol. The highest BCUT2D eigenvalue weighted by Gasteiger charge is 2.13. The van der Waals surface area contributed by atoms with Crippen LogP contribution in [0.3, 0.4) is 0 Å². The summed E-state index contributed by atoms with van der Waals surface area (Å²) >= 11 is 5.59. The van der Waals surface area contributed by atoms with Crippen LogP contribution in [0.25, 0.3) is 0 Å². The molecule has 1 atom stereocenters. The number of carbonyl (C=O) groups is 1. The van der Waals surface area contributed by atoms with Crippen molar-refractivity contribution < 1.29 is 13.2 Å². The zero-order valence-electron chi connectivity index (χ0n) is 9.40. The molecule has 0 aliphatic carbocycles. The van der Waals surface area contributed by atoms with Crippen LogP contribution in [-0.4, -0.2) is 26.7 Å². The van der Waals surface area contributed by atoms with E-state index in [9.17, 15) is 13.2 Å². The summed E-state index contributed by atoms with van der Waals surface area (Å²) < 4.78 is 25.2. The van der Waals surface area contributed by atoms with E-state index in [0.717, 1.165) is 0 Å². The van der Waals surface area contributed by atoms with Gasteiger partial charge in [0.15, 0.2) is 0 Å². The van der Waals surface area contributed by atoms with Gasteiger partial charge in [0.1, 0.15) is 5.38 Å². The number of amides is 1. The van der Waals surface area contributed by atoms with Gasteiger partial charge >= 0.3 is 0 Å². The highest BCUT2D eigenvalue weighted by molar-refractivity contribution is 7.89. The predicted molar refractivity (Wildman–Crippen MR) is 66.6 cm³/mol. The summed E-state index contributed by atoms with van der Waals surface area (Å²) in [7, 11) is -2.19. The first-order chi connectivity index (χ1) is 7.86. The minimum absolute atomic E-state index is 0.0834. The van der Waals surface area contributed by atoms with Crippen LogP contribution >= 0.6 is 11.6 Å². The standard InChI is InChI=1S/C10H13ClN2O3S/c1-7(11)10(14)13-8-4-3-5-9(6-8)17(15,16)12-2/h3-7,12H,1-2H3,(H,13,14).